The van der Waals surface area contributed by atoms with Crippen molar-refractivity contribution in [3.63, 3.8) is 0 Å². The Labute approximate surface area is 196 Å². The molecular formula is C25H23N7O2. The van der Waals surface area contributed by atoms with Crippen LogP contribution in [0.3, 0.4) is 0 Å². The van der Waals surface area contributed by atoms with E-state index < -0.39 is 5.92 Å². The monoisotopic (exact) mass is 453 g/mol. The summed E-state index contributed by atoms with van der Waals surface area (Å²) in [6, 6.07) is 18.7. The number of carbonyl (C=O) groups is 2. The molecule has 0 unspecified atom stereocenters. The zero-order valence-corrected chi connectivity index (χ0v) is 18.5. The number of nitrogens with zero attached hydrogens (tertiary/aromatic N) is 5. The molecule has 2 amide bonds. The molecule has 5 rings (SSSR count). The predicted octanol–water partition coefficient (Wildman–Crippen LogP) is 3.71. The molecule has 0 aliphatic carbocycles. The van der Waals surface area contributed by atoms with Crippen LogP contribution in [-0.4, -0.2) is 38.1 Å². The van der Waals surface area contributed by atoms with E-state index >= 15 is 0 Å². The van der Waals surface area contributed by atoms with Crippen LogP contribution in [0.25, 0.3) is 5.82 Å². The predicted molar refractivity (Wildman–Crippen MR) is 129 cm³/mol. The summed E-state index contributed by atoms with van der Waals surface area (Å²) in [7, 11) is 0. The number of rotatable bonds is 6. The van der Waals surface area contributed by atoms with E-state index in [2.05, 4.69) is 25.7 Å². The van der Waals surface area contributed by atoms with Gasteiger partial charge in [0, 0.05) is 48.5 Å². The number of aromatic nitrogens is 4. The minimum absolute atomic E-state index is 0.0390. The number of hydrogen-bond acceptors (Lipinski definition) is 6. The zero-order valence-electron chi connectivity index (χ0n) is 18.5. The van der Waals surface area contributed by atoms with E-state index in [1.54, 1.807) is 21.8 Å². The molecule has 1 atom stereocenters. The third-order valence-electron chi connectivity index (χ3n) is 5.66. The van der Waals surface area contributed by atoms with Crippen LogP contribution in [0.5, 0.6) is 0 Å². The number of carbonyl (C=O) groups excluding carboxylic acids is 2. The molecule has 34 heavy (non-hydrogen) atoms. The van der Waals surface area contributed by atoms with Gasteiger partial charge in [0.15, 0.2) is 5.82 Å². The second kappa shape index (κ2) is 9.14. The molecule has 4 aromatic rings. The van der Waals surface area contributed by atoms with Gasteiger partial charge in [-0.1, -0.05) is 17.7 Å². The molecule has 2 aromatic heterocycles. The molecule has 170 valence electrons. The van der Waals surface area contributed by atoms with Crippen molar-refractivity contribution in [1.82, 2.24) is 19.7 Å². The lowest BCUT2D eigenvalue weighted by Gasteiger charge is -2.17. The highest BCUT2D eigenvalue weighted by Gasteiger charge is 2.35. The normalized spacial score (nSPS) is 15.4. The molecule has 3 heterocycles. The average molecular weight is 454 g/mol. The summed E-state index contributed by atoms with van der Waals surface area (Å²) in [5.41, 5.74) is 3.42. The molecule has 0 saturated carbocycles. The number of benzene rings is 2. The van der Waals surface area contributed by atoms with Crippen LogP contribution < -0.4 is 15.5 Å². The number of anilines is 4. The van der Waals surface area contributed by atoms with Gasteiger partial charge in [-0.2, -0.15) is 5.10 Å². The maximum absolute atomic E-state index is 12.8. The Morgan fingerprint density at radius 3 is 2.53 bits per heavy atom. The zero-order chi connectivity index (χ0) is 23.5. The van der Waals surface area contributed by atoms with Crippen molar-refractivity contribution >= 4 is 34.7 Å². The van der Waals surface area contributed by atoms with E-state index in [0.717, 1.165) is 16.9 Å². The van der Waals surface area contributed by atoms with Gasteiger partial charge in [0.1, 0.15) is 12.1 Å². The van der Waals surface area contributed by atoms with Crippen LogP contribution in [0.2, 0.25) is 0 Å². The Morgan fingerprint density at radius 2 is 1.79 bits per heavy atom. The summed E-state index contributed by atoms with van der Waals surface area (Å²) in [5.74, 6) is 0.676. The molecule has 9 heteroatoms. The van der Waals surface area contributed by atoms with Crippen molar-refractivity contribution < 1.29 is 9.59 Å². The van der Waals surface area contributed by atoms with E-state index in [4.69, 9.17) is 0 Å². The molecule has 2 aromatic carbocycles. The molecule has 1 fully saturated rings. The summed E-state index contributed by atoms with van der Waals surface area (Å²) in [6.07, 6.45) is 5.16. The Hall–Kier alpha value is -4.53. The molecule has 2 N–H and O–H groups in total. The first-order valence-corrected chi connectivity index (χ1v) is 10.9. The van der Waals surface area contributed by atoms with Crippen LogP contribution >= 0.6 is 0 Å². The highest BCUT2D eigenvalue weighted by atomic mass is 16.2. The van der Waals surface area contributed by atoms with Crippen LogP contribution in [0.4, 0.5) is 22.9 Å². The van der Waals surface area contributed by atoms with Gasteiger partial charge in [0.05, 0.1) is 5.92 Å². The fourth-order valence-corrected chi connectivity index (χ4v) is 3.83. The quantitative estimate of drug-likeness (QED) is 0.461. The summed E-state index contributed by atoms with van der Waals surface area (Å²) in [6.45, 7) is 2.37. The molecule has 9 nitrogen and oxygen atoms in total. The lowest BCUT2D eigenvalue weighted by molar-refractivity contribution is -0.122. The lowest BCUT2D eigenvalue weighted by Crippen LogP contribution is -2.28. The third kappa shape index (κ3) is 4.63. The molecule has 0 bridgehead atoms. The first-order chi connectivity index (χ1) is 16.5. The van der Waals surface area contributed by atoms with Crippen molar-refractivity contribution in [1.29, 1.82) is 0 Å². The van der Waals surface area contributed by atoms with Gasteiger partial charge in [-0.15, -0.1) is 0 Å². The van der Waals surface area contributed by atoms with E-state index in [-0.39, 0.29) is 18.2 Å². The molecule has 0 spiro atoms. The molecular weight excluding hydrogens is 430 g/mol. The second-order valence-electron chi connectivity index (χ2n) is 8.14. The smallest absolute Gasteiger partial charge is 0.229 e. The molecule has 1 aliphatic heterocycles. The van der Waals surface area contributed by atoms with Crippen LogP contribution in [0, 0.1) is 12.8 Å². The minimum Gasteiger partial charge on any atom is -0.340 e. The lowest BCUT2D eigenvalue weighted by atomic mass is 10.1. The number of amides is 2. The average Bonchev–Trinajstić information content (AvgIpc) is 3.52. The molecule has 1 saturated heterocycles. The minimum atomic E-state index is -0.395. The SMILES string of the molecule is Cc1ccc(N2C[C@@H](C(=O)Nc3ccc(Nc4cc(-n5cccn5)ncn4)cc3)CC2=O)cc1. The van der Waals surface area contributed by atoms with Gasteiger partial charge in [-0.05, 0) is 49.4 Å². The Bertz CT molecular complexity index is 1300. The van der Waals surface area contributed by atoms with Gasteiger partial charge in [0.2, 0.25) is 11.8 Å². The summed E-state index contributed by atoms with van der Waals surface area (Å²) in [4.78, 5) is 35.4. The van der Waals surface area contributed by atoms with E-state index in [1.807, 2.05) is 67.7 Å². The summed E-state index contributed by atoms with van der Waals surface area (Å²) in [5, 5.41) is 10.3. The van der Waals surface area contributed by atoms with Crippen LogP contribution in [0.1, 0.15) is 12.0 Å². The molecule has 0 radical (unpaired) electrons. The third-order valence-corrected chi connectivity index (χ3v) is 5.66. The second-order valence-corrected chi connectivity index (χ2v) is 8.14. The van der Waals surface area contributed by atoms with Crippen molar-refractivity contribution in [3.8, 4) is 5.82 Å². The van der Waals surface area contributed by atoms with Crippen molar-refractivity contribution in [3.05, 3.63) is 84.9 Å². The standard InChI is InChI=1S/C25H23N7O2/c1-17-3-9-21(10-4-17)31-15-18(13-24(31)33)25(34)30-20-7-5-19(6-8-20)29-22-14-23(27-16-26-22)32-12-2-11-28-32/h2-12,14,16,18H,13,15H2,1H3,(H,30,34)(H,26,27,29)/t18-/m0/s1. The fourth-order valence-electron chi connectivity index (χ4n) is 3.83. The fraction of sp³-hybridized carbons (Fsp3) is 0.160. The Morgan fingerprint density at radius 1 is 1.03 bits per heavy atom. The first-order valence-electron chi connectivity index (χ1n) is 10.9. The van der Waals surface area contributed by atoms with Crippen LogP contribution in [0.15, 0.2) is 79.4 Å². The van der Waals surface area contributed by atoms with Gasteiger partial charge >= 0.3 is 0 Å². The van der Waals surface area contributed by atoms with E-state index in [0.29, 0.717) is 23.9 Å². The van der Waals surface area contributed by atoms with Crippen molar-refractivity contribution in [2.75, 3.05) is 22.1 Å². The summed E-state index contributed by atoms with van der Waals surface area (Å²) >= 11 is 0. The van der Waals surface area contributed by atoms with E-state index in [9.17, 15) is 9.59 Å². The van der Waals surface area contributed by atoms with Crippen molar-refractivity contribution in [2.45, 2.75) is 13.3 Å². The number of hydrogen-bond donors (Lipinski definition) is 2. The van der Waals surface area contributed by atoms with Gasteiger partial charge < -0.3 is 15.5 Å². The van der Waals surface area contributed by atoms with Crippen LogP contribution in [-0.2, 0) is 9.59 Å². The highest BCUT2D eigenvalue weighted by Crippen LogP contribution is 2.27. The van der Waals surface area contributed by atoms with Gasteiger partial charge in [0.25, 0.3) is 0 Å². The maximum Gasteiger partial charge on any atom is 0.229 e. The van der Waals surface area contributed by atoms with Crippen molar-refractivity contribution in [2.24, 2.45) is 5.92 Å². The first kappa shape index (κ1) is 21.3. The number of nitrogens with one attached hydrogen (secondary N) is 2. The highest BCUT2D eigenvalue weighted by molar-refractivity contribution is 6.03. The molecule has 1 aliphatic rings. The Balaban J connectivity index is 1.20. The largest absolute Gasteiger partial charge is 0.340 e. The van der Waals surface area contributed by atoms with Gasteiger partial charge in [-0.3, -0.25) is 9.59 Å². The van der Waals surface area contributed by atoms with Gasteiger partial charge in [-0.25, -0.2) is 14.6 Å². The topological polar surface area (TPSA) is 105 Å². The Kier molecular flexibility index (Phi) is 5.73. The number of aryl methyl sites for hydroxylation is 1. The summed E-state index contributed by atoms with van der Waals surface area (Å²) < 4.78 is 1.65. The van der Waals surface area contributed by atoms with E-state index in [1.165, 1.54) is 6.33 Å². The maximum atomic E-state index is 12.8.